The Kier molecular flexibility index (Phi) is 5.97. The van der Waals surface area contributed by atoms with Crippen LogP contribution in [0.4, 0.5) is 0 Å². The average molecular weight is 252 g/mol. The zero-order chi connectivity index (χ0) is 12.8. The molecule has 1 heterocycles. The molecular weight excluding hydrogens is 220 g/mol. The zero-order valence-corrected chi connectivity index (χ0v) is 12.5. The molecule has 0 bridgehead atoms. The third-order valence-electron chi connectivity index (χ3n) is 5.01. The van der Waals surface area contributed by atoms with Crippen molar-refractivity contribution < 1.29 is 0 Å². The molecule has 1 aliphatic heterocycles. The second kappa shape index (κ2) is 7.49. The van der Waals surface area contributed by atoms with Crippen molar-refractivity contribution in [2.75, 3.05) is 26.2 Å². The lowest BCUT2D eigenvalue weighted by molar-refractivity contribution is 0.199. The SMILES string of the molecule is CC1CCC(CCN2CCCNC(C)CC2)CC1. The van der Waals surface area contributed by atoms with Gasteiger partial charge in [0.2, 0.25) is 0 Å². The van der Waals surface area contributed by atoms with Gasteiger partial charge in [0.05, 0.1) is 0 Å². The molecule has 2 fully saturated rings. The molecule has 106 valence electrons. The molecule has 0 aromatic carbocycles. The van der Waals surface area contributed by atoms with Crippen molar-refractivity contribution in [1.29, 1.82) is 0 Å². The van der Waals surface area contributed by atoms with Crippen LogP contribution in [0, 0.1) is 11.8 Å². The maximum atomic E-state index is 3.59. The fourth-order valence-corrected chi connectivity index (χ4v) is 3.45. The summed E-state index contributed by atoms with van der Waals surface area (Å²) in [5.74, 6) is 2.03. The van der Waals surface area contributed by atoms with Crippen LogP contribution in [0.3, 0.4) is 0 Å². The van der Waals surface area contributed by atoms with Gasteiger partial charge in [-0.05, 0) is 64.2 Å². The minimum absolute atomic E-state index is 0.711. The van der Waals surface area contributed by atoms with Crippen molar-refractivity contribution >= 4 is 0 Å². The van der Waals surface area contributed by atoms with E-state index in [0.29, 0.717) is 6.04 Å². The van der Waals surface area contributed by atoms with E-state index in [1.165, 1.54) is 71.1 Å². The first-order chi connectivity index (χ1) is 8.74. The van der Waals surface area contributed by atoms with Crippen molar-refractivity contribution in [1.82, 2.24) is 10.2 Å². The van der Waals surface area contributed by atoms with E-state index < -0.39 is 0 Å². The Labute approximate surface area is 114 Å². The Bertz CT molecular complexity index is 221. The largest absolute Gasteiger partial charge is 0.314 e. The fraction of sp³-hybridized carbons (Fsp3) is 1.00. The lowest BCUT2D eigenvalue weighted by Gasteiger charge is -2.31. The summed E-state index contributed by atoms with van der Waals surface area (Å²) in [4.78, 5) is 2.72. The van der Waals surface area contributed by atoms with Crippen LogP contribution in [0.1, 0.15) is 58.8 Å². The molecule has 0 amide bonds. The number of nitrogens with zero attached hydrogens (tertiary/aromatic N) is 1. The van der Waals surface area contributed by atoms with E-state index in [2.05, 4.69) is 24.1 Å². The quantitative estimate of drug-likeness (QED) is 0.829. The van der Waals surface area contributed by atoms with Crippen LogP contribution in [0.2, 0.25) is 0 Å². The summed E-state index contributed by atoms with van der Waals surface area (Å²) >= 11 is 0. The van der Waals surface area contributed by atoms with Crippen LogP contribution >= 0.6 is 0 Å². The fourth-order valence-electron chi connectivity index (χ4n) is 3.45. The molecule has 1 unspecified atom stereocenters. The summed E-state index contributed by atoms with van der Waals surface area (Å²) in [6, 6.07) is 0.711. The van der Waals surface area contributed by atoms with E-state index >= 15 is 0 Å². The minimum Gasteiger partial charge on any atom is -0.314 e. The lowest BCUT2D eigenvalue weighted by Crippen LogP contribution is -2.39. The van der Waals surface area contributed by atoms with E-state index in [1.807, 2.05) is 0 Å². The molecule has 0 spiro atoms. The van der Waals surface area contributed by atoms with Crippen LogP contribution in [-0.4, -0.2) is 37.1 Å². The highest BCUT2D eigenvalue weighted by molar-refractivity contribution is 4.74. The lowest BCUT2D eigenvalue weighted by atomic mass is 9.81. The molecule has 2 aliphatic rings. The number of hydrogen-bond donors (Lipinski definition) is 1. The van der Waals surface area contributed by atoms with Gasteiger partial charge in [0.15, 0.2) is 0 Å². The van der Waals surface area contributed by atoms with Gasteiger partial charge in [-0.2, -0.15) is 0 Å². The molecule has 1 atom stereocenters. The molecule has 0 radical (unpaired) electrons. The van der Waals surface area contributed by atoms with Crippen molar-refractivity contribution in [3.8, 4) is 0 Å². The molecule has 1 N–H and O–H groups in total. The van der Waals surface area contributed by atoms with E-state index in [1.54, 1.807) is 0 Å². The van der Waals surface area contributed by atoms with Crippen LogP contribution in [-0.2, 0) is 0 Å². The van der Waals surface area contributed by atoms with Gasteiger partial charge in [-0.1, -0.05) is 32.6 Å². The molecule has 1 saturated carbocycles. The first-order valence-electron chi connectivity index (χ1n) is 8.20. The van der Waals surface area contributed by atoms with Gasteiger partial charge in [-0.15, -0.1) is 0 Å². The van der Waals surface area contributed by atoms with Crippen LogP contribution in [0.25, 0.3) is 0 Å². The summed E-state index contributed by atoms with van der Waals surface area (Å²) in [7, 11) is 0. The number of nitrogens with one attached hydrogen (secondary N) is 1. The summed E-state index contributed by atoms with van der Waals surface area (Å²) < 4.78 is 0. The van der Waals surface area contributed by atoms with Crippen LogP contribution in [0.5, 0.6) is 0 Å². The predicted octanol–water partition coefficient (Wildman–Crippen LogP) is 3.28. The van der Waals surface area contributed by atoms with E-state index in [0.717, 1.165) is 11.8 Å². The van der Waals surface area contributed by atoms with E-state index in [4.69, 9.17) is 0 Å². The van der Waals surface area contributed by atoms with Gasteiger partial charge in [0.25, 0.3) is 0 Å². The molecule has 2 rings (SSSR count). The second-order valence-corrected chi connectivity index (χ2v) is 6.75. The monoisotopic (exact) mass is 252 g/mol. The maximum Gasteiger partial charge on any atom is 0.00509 e. The van der Waals surface area contributed by atoms with Gasteiger partial charge < -0.3 is 10.2 Å². The Morgan fingerprint density at radius 1 is 1.00 bits per heavy atom. The highest BCUT2D eigenvalue weighted by Crippen LogP contribution is 2.30. The van der Waals surface area contributed by atoms with Crippen molar-refractivity contribution in [2.45, 2.75) is 64.8 Å². The molecule has 1 saturated heterocycles. The first-order valence-corrected chi connectivity index (χ1v) is 8.20. The normalized spacial score (nSPS) is 36.0. The molecule has 18 heavy (non-hydrogen) atoms. The van der Waals surface area contributed by atoms with Gasteiger partial charge >= 0.3 is 0 Å². The molecule has 2 nitrogen and oxygen atoms in total. The van der Waals surface area contributed by atoms with Gasteiger partial charge in [-0.3, -0.25) is 0 Å². The van der Waals surface area contributed by atoms with Gasteiger partial charge in [0, 0.05) is 6.04 Å². The first kappa shape index (κ1) is 14.3. The Hall–Kier alpha value is -0.0800. The van der Waals surface area contributed by atoms with Crippen molar-refractivity contribution in [3.05, 3.63) is 0 Å². The van der Waals surface area contributed by atoms with Gasteiger partial charge in [-0.25, -0.2) is 0 Å². The smallest absolute Gasteiger partial charge is 0.00509 e. The highest BCUT2D eigenvalue weighted by Gasteiger charge is 2.19. The minimum atomic E-state index is 0.711. The summed E-state index contributed by atoms with van der Waals surface area (Å²) in [5, 5.41) is 3.59. The number of hydrogen-bond acceptors (Lipinski definition) is 2. The zero-order valence-electron chi connectivity index (χ0n) is 12.5. The van der Waals surface area contributed by atoms with Crippen molar-refractivity contribution in [2.24, 2.45) is 11.8 Å². The summed E-state index contributed by atoms with van der Waals surface area (Å²) in [5.41, 5.74) is 0. The third-order valence-corrected chi connectivity index (χ3v) is 5.01. The average Bonchev–Trinajstić information content (AvgIpc) is 2.36. The molecule has 0 aromatic rings. The van der Waals surface area contributed by atoms with Gasteiger partial charge in [0.1, 0.15) is 0 Å². The second-order valence-electron chi connectivity index (χ2n) is 6.75. The molecular formula is C16H32N2. The highest BCUT2D eigenvalue weighted by atomic mass is 15.1. The third kappa shape index (κ3) is 4.89. The van der Waals surface area contributed by atoms with Crippen LogP contribution in [0.15, 0.2) is 0 Å². The molecule has 2 heteroatoms. The van der Waals surface area contributed by atoms with E-state index in [-0.39, 0.29) is 0 Å². The molecule has 0 aromatic heterocycles. The van der Waals surface area contributed by atoms with Crippen molar-refractivity contribution in [3.63, 3.8) is 0 Å². The Morgan fingerprint density at radius 2 is 1.78 bits per heavy atom. The number of rotatable bonds is 3. The summed E-state index contributed by atoms with van der Waals surface area (Å²) in [6.07, 6.45) is 10.0. The predicted molar refractivity (Wildman–Crippen MR) is 78.9 cm³/mol. The Balaban J connectivity index is 1.65. The van der Waals surface area contributed by atoms with E-state index in [9.17, 15) is 0 Å². The standard InChI is InChI=1S/C16H32N2/c1-14-4-6-16(7-5-14)9-13-18-11-3-10-17-15(2)8-12-18/h14-17H,3-13H2,1-2H3. The summed E-state index contributed by atoms with van der Waals surface area (Å²) in [6.45, 7) is 9.92. The topological polar surface area (TPSA) is 15.3 Å². The molecule has 1 aliphatic carbocycles. The maximum absolute atomic E-state index is 3.59. The Morgan fingerprint density at radius 3 is 2.56 bits per heavy atom. The van der Waals surface area contributed by atoms with Crippen LogP contribution < -0.4 is 5.32 Å².